The molecule has 21 heteroatoms. The molecule has 1 aromatic heterocycles. The standard InChI is InChI=1S/C18H17ClN4O3.C11H11ClN2O3.C7H8N2O.C6H5N3O.C2H2.CH4.H2/c1-11-13(8-9-14(20-2)16(11)19)21-15(10-24)18(26)23-22-17(25)12-6-4-3-5-7-12;1-6-7(14-9(5-15)11(16)17)3-4-8(13-2)10(6)12;8-9-7(10)6-4-2-1-3-5-6;10-9-6-4-2-1-3-5(6)7-8-9;1-2;;/h3-9,15,21,24H,10H2,1H3,(H,22,25)(H,23,26);3-4,9,14-15H,5H2,1H3,(H,16,17);1-5H,8H2,(H,9,10);1-4,10H;1-2H;1H4;1H/t15-;9-;;;;;/m11...../s1/i;;;;1D;;. The molecule has 0 bridgehead atoms. The second-order valence-corrected chi connectivity index (χ2v) is 13.3. The summed E-state index contributed by atoms with van der Waals surface area (Å²) in [6, 6.07) is 28.5. The average Bonchev–Trinajstić information content (AvgIpc) is 3.72. The van der Waals surface area contributed by atoms with Crippen molar-refractivity contribution in [3.63, 3.8) is 0 Å². The van der Waals surface area contributed by atoms with Crippen molar-refractivity contribution < 1.29 is 42.5 Å². The van der Waals surface area contributed by atoms with Gasteiger partial charge in [0, 0.05) is 23.9 Å². The summed E-state index contributed by atoms with van der Waals surface area (Å²) in [7, 11) is 0. The van der Waals surface area contributed by atoms with Gasteiger partial charge in [-0.25, -0.2) is 20.3 Å². The summed E-state index contributed by atoms with van der Waals surface area (Å²) in [5.41, 5.74) is 11.7. The predicted molar refractivity (Wildman–Crippen MR) is 255 cm³/mol. The van der Waals surface area contributed by atoms with Crippen molar-refractivity contribution in [3.8, 4) is 12.8 Å². The van der Waals surface area contributed by atoms with Gasteiger partial charge in [-0.05, 0) is 78.7 Å². The molecule has 1 heterocycles. The van der Waals surface area contributed by atoms with Crippen molar-refractivity contribution >= 4 is 80.7 Å². The first kappa shape index (κ1) is 53.9. The zero-order valence-electron chi connectivity index (χ0n) is 35.5. The maximum atomic E-state index is 12.2. The third-order valence-electron chi connectivity index (χ3n) is 8.45. The molecule has 6 aromatic rings. The molecule has 0 saturated heterocycles. The van der Waals surface area contributed by atoms with Crippen LogP contribution in [0.5, 0.6) is 0 Å². The fourth-order valence-electron chi connectivity index (χ4n) is 4.98. The second kappa shape index (κ2) is 29.2. The Hall–Kier alpha value is -8.22. The van der Waals surface area contributed by atoms with E-state index in [1.807, 2.05) is 23.6 Å². The topological polar surface area (TPSA) is 275 Å². The van der Waals surface area contributed by atoms with Gasteiger partial charge in [-0.3, -0.25) is 30.7 Å². The molecule has 0 spiro atoms. The zero-order valence-corrected chi connectivity index (χ0v) is 36.0. The van der Waals surface area contributed by atoms with Crippen LogP contribution in [0.25, 0.3) is 20.7 Å². The Kier molecular flexibility index (Phi) is 23.9. The molecule has 0 unspecified atom stereocenters. The summed E-state index contributed by atoms with van der Waals surface area (Å²) < 4.78 is 5.74. The number of carboxylic acids is 1. The van der Waals surface area contributed by atoms with Gasteiger partial charge in [0.15, 0.2) is 0 Å². The van der Waals surface area contributed by atoms with E-state index in [4.69, 9.17) is 59.0 Å². The quantitative estimate of drug-likeness (QED) is 0.0174. The molecular weight excluding hydrogens is 893 g/mol. The highest BCUT2D eigenvalue weighted by Gasteiger charge is 2.21. The maximum absolute atomic E-state index is 12.2. The van der Waals surface area contributed by atoms with Crippen molar-refractivity contribution in [1.82, 2.24) is 31.4 Å². The largest absolute Gasteiger partial charge is 0.480 e. The number of aliphatic hydroxyl groups excluding tert-OH is 2. The van der Waals surface area contributed by atoms with E-state index in [0.29, 0.717) is 56.0 Å². The van der Waals surface area contributed by atoms with Crippen molar-refractivity contribution in [3.05, 3.63) is 164 Å². The van der Waals surface area contributed by atoms with Gasteiger partial charge in [-0.1, -0.05) is 96.1 Å². The number of nitrogens with zero attached hydrogens (tertiary/aromatic N) is 5. The Bertz CT molecular complexity index is 2700. The van der Waals surface area contributed by atoms with Crippen LogP contribution in [0, 0.1) is 39.8 Å². The van der Waals surface area contributed by atoms with Gasteiger partial charge in [0.25, 0.3) is 17.7 Å². The lowest BCUT2D eigenvalue weighted by molar-refractivity contribution is -0.138. The van der Waals surface area contributed by atoms with Gasteiger partial charge in [0.2, 0.25) is 11.4 Å². The molecule has 11 N–H and O–H groups in total. The lowest BCUT2D eigenvalue weighted by atomic mass is 10.1. The smallest absolute Gasteiger partial charge is 0.328 e. The average molecular weight is 944 g/mol. The monoisotopic (exact) mass is 942 g/mol. The lowest BCUT2D eigenvalue weighted by Gasteiger charge is -2.19. The highest BCUT2D eigenvalue weighted by atomic mass is 35.5. The van der Waals surface area contributed by atoms with E-state index in [-0.39, 0.29) is 24.8 Å². The molecule has 0 radical (unpaired) electrons. The van der Waals surface area contributed by atoms with Crippen LogP contribution in [-0.4, -0.2) is 84.7 Å². The number of benzene rings is 5. The van der Waals surface area contributed by atoms with Crippen LogP contribution in [0.2, 0.25) is 10.0 Å². The molecule has 0 aliphatic rings. The second-order valence-electron chi connectivity index (χ2n) is 12.6. The van der Waals surface area contributed by atoms with Gasteiger partial charge < -0.3 is 31.2 Å². The van der Waals surface area contributed by atoms with Crippen LogP contribution in [0.4, 0.5) is 22.7 Å². The van der Waals surface area contributed by atoms with Crippen LogP contribution in [-0.2, 0) is 9.59 Å². The van der Waals surface area contributed by atoms with Crippen LogP contribution in [0.3, 0.4) is 0 Å². The number of aliphatic carboxylic acids is 1. The number of anilines is 2. The number of nitrogen functional groups attached to an aromatic ring is 1. The molecule has 0 saturated carbocycles. The molecular formula is C45H49Cl2N11O8. The third kappa shape index (κ3) is 16.5. The molecule has 0 fully saturated rings. The summed E-state index contributed by atoms with van der Waals surface area (Å²) in [6.07, 6.45) is 5.76. The Labute approximate surface area is 393 Å². The number of aromatic nitrogens is 3. The number of rotatable bonds is 10. The molecule has 19 nitrogen and oxygen atoms in total. The summed E-state index contributed by atoms with van der Waals surface area (Å²) in [6.45, 7) is 16.3. The van der Waals surface area contributed by atoms with E-state index in [1.54, 1.807) is 92.7 Å². The summed E-state index contributed by atoms with van der Waals surface area (Å²) in [5.74, 6) is 2.39. The number of nitrogens with one attached hydrogen (secondary N) is 5. The van der Waals surface area contributed by atoms with Crippen molar-refractivity contribution in [2.75, 3.05) is 23.8 Å². The Morgan fingerprint density at radius 2 is 1.21 bits per heavy atom. The number of amides is 3. The zero-order chi connectivity index (χ0) is 49.2. The van der Waals surface area contributed by atoms with Crippen molar-refractivity contribution in [2.45, 2.75) is 33.4 Å². The highest BCUT2D eigenvalue weighted by molar-refractivity contribution is 6.35. The Morgan fingerprint density at radius 3 is 1.64 bits per heavy atom. The van der Waals surface area contributed by atoms with E-state index in [0.717, 1.165) is 4.85 Å². The maximum Gasteiger partial charge on any atom is 0.328 e. The van der Waals surface area contributed by atoms with E-state index < -0.39 is 43.1 Å². The van der Waals surface area contributed by atoms with Crippen LogP contribution in [0.1, 0.15) is 42.1 Å². The lowest BCUT2D eigenvalue weighted by Crippen LogP contribution is -2.50. The first-order chi connectivity index (χ1) is 31.6. The molecule has 66 heavy (non-hydrogen) atoms. The number of carbonyl (C=O) groups is 4. The van der Waals surface area contributed by atoms with Crippen molar-refractivity contribution in [1.29, 1.82) is 0 Å². The molecule has 2 atom stereocenters. The first-order valence-electron chi connectivity index (χ1n) is 19.0. The molecule has 3 amide bonds. The fourth-order valence-corrected chi connectivity index (χ4v) is 5.39. The van der Waals surface area contributed by atoms with Gasteiger partial charge in [0.05, 0.1) is 36.4 Å². The number of nitrogens with two attached hydrogens (primary N) is 1. The number of halogens is 2. The van der Waals surface area contributed by atoms with Crippen LogP contribution < -0.4 is 32.8 Å². The third-order valence-corrected chi connectivity index (χ3v) is 9.40. The molecule has 0 aliphatic heterocycles. The summed E-state index contributed by atoms with van der Waals surface area (Å²) in [5, 5.41) is 49.3. The highest BCUT2D eigenvalue weighted by Crippen LogP contribution is 2.34. The Morgan fingerprint density at radius 1 is 0.773 bits per heavy atom. The van der Waals surface area contributed by atoms with E-state index in [9.17, 15) is 24.3 Å². The number of terminal acetylenes is 1. The predicted octanol–water partition coefficient (Wildman–Crippen LogP) is 6.58. The van der Waals surface area contributed by atoms with Crippen molar-refractivity contribution in [2.24, 2.45) is 5.84 Å². The van der Waals surface area contributed by atoms with E-state index in [1.165, 1.54) is 18.5 Å². The number of para-hydroxylation sites is 1. The number of hydrogen-bond donors (Lipinski definition) is 10. The number of hydrazine groups is 2. The number of carbonyl (C=O) groups excluding carboxylic acids is 3. The van der Waals surface area contributed by atoms with Gasteiger partial charge in [-0.15, -0.1) is 17.9 Å². The minimum atomic E-state index is -1.16. The molecule has 0 aliphatic carbocycles. The van der Waals surface area contributed by atoms with Gasteiger partial charge in [0.1, 0.15) is 24.5 Å². The minimum Gasteiger partial charge on any atom is -0.480 e. The van der Waals surface area contributed by atoms with E-state index in [2.05, 4.69) is 47.9 Å². The minimum absolute atomic E-state index is 0. The normalized spacial score (nSPS) is 10.5. The molecule has 346 valence electrons. The number of fused-ring (bicyclic) bond motifs is 1. The van der Waals surface area contributed by atoms with Gasteiger partial charge >= 0.3 is 5.97 Å². The number of hydrogen-bond acceptors (Lipinski definition) is 12. The number of carboxylic acid groups (broad SMARTS) is 1. The summed E-state index contributed by atoms with van der Waals surface area (Å²) >= 11 is 12.0. The molecule has 6 rings (SSSR count). The van der Waals surface area contributed by atoms with Crippen LogP contribution >= 0.6 is 23.2 Å². The Balaban J connectivity index is 0.000000917. The SMILES string of the molecule is C.NNC(=O)c1ccccc1.On1nnc2ccccc21.[2H]C#C.[C-]#[N+]c1ccc(N[C@H](CO)C(=O)NNC(=O)c2ccccc2)c(C)c1Cl.[C-]#[N+]c1ccc(N[C@H](CO)C(=O)O)c(C)c1Cl.[HH]. The van der Waals surface area contributed by atoms with Crippen LogP contribution in [0.15, 0.2) is 109 Å². The molecule has 5 aromatic carbocycles. The summed E-state index contributed by atoms with van der Waals surface area (Å²) in [4.78, 5) is 53.0. The number of aliphatic hydroxyl groups is 2. The van der Waals surface area contributed by atoms with Gasteiger partial charge in [-0.2, -0.15) is 0 Å². The van der Waals surface area contributed by atoms with E-state index >= 15 is 0 Å². The fraction of sp³-hybridized carbons (Fsp3) is 0.156. The first-order valence-corrected chi connectivity index (χ1v) is 19.3.